The van der Waals surface area contributed by atoms with Crippen molar-refractivity contribution in [1.29, 1.82) is 0 Å². The Hall–Kier alpha value is -4.21. The largest absolute Gasteiger partial charge is 0.467 e. The van der Waals surface area contributed by atoms with Gasteiger partial charge in [0.05, 0.1) is 12.8 Å². The molecule has 34 heavy (non-hydrogen) atoms. The van der Waals surface area contributed by atoms with Crippen LogP contribution in [0.1, 0.15) is 30.0 Å². The van der Waals surface area contributed by atoms with Crippen LogP contribution >= 0.6 is 0 Å². The van der Waals surface area contributed by atoms with Gasteiger partial charge >= 0.3 is 12.0 Å². The Morgan fingerprint density at radius 1 is 1.03 bits per heavy atom. The van der Waals surface area contributed by atoms with Crippen molar-refractivity contribution < 1.29 is 28.0 Å². The number of ether oxygens (including phenoxy) is 1. The molecule has 3 rings (SSSR count). The van der Waals surface area contributed by atoms with Gasteiger partial charge in [0.1, 0.15) is 17.6 Å². The molecule has 0 radical (unpaired) electrons. The molecule has 178 valence electrons. The molecule has 9 nitrogen and oxygen atoms in total. The van der Waals surface area contributed by atoms with Crippen molar-refractivity contribution in [3.05, 3.63) is 65.7 Å². The Balaban J connectivity index is 1.64. The first-order valence-corrected chi connectivity index (χ1v) is 10.5. The summed E-state index contributed by atoms with van der Waals surface area (Å²) in [6.07, 6.45) is 0. The zero-order valence-corrected chi connectivity index (χ0v) is 19.1. The van der Waals surface area contributed by atoms with Crippen LogP contribution < -0.4 is 16.0 Å². The fraction of sp³-hybridized carbons (Fsp3) is 0.250. The molecule has 0 fully saturated rings. The number of nitrogens with one attached hydrogen (secondary N) is 3. The van der Waals surface area contributed by atoms with Crippen molar-refractivity contribution in [3.8, 4) is 11.3 Å². The number of amides is 3. The Morgan fingerprint density at radius 3 is 2.38 bits per heavy atom. The molecule has 0 bridgehead atoms. The number of carbonyl (C=O) groups excluding carboxylic acids is 3. The van der Waals surface area contributed by atoms with E-state index in [1.165, 1.54) is 25.3 Å². The van der Waals surface area contributed by atoms with Gasteiger partial charge in [-0.15, -0.1) is 0 Å². The van der Waals surface area contributed by atoms with Gasteiger partial charge < -0.3 is 25.2 Å². The summed E-state index contributed by atoms with van der Waals surface area (Å²) in [6, 6.07) is 11.1. The van der Waals surface area contributed by atoms with E-state index < -0.39 is 29.8 Å². The van der Waals surface area contributed by atoms with Gasteiger partial charge in [0, 0.05) is 17.3 Å². The quantitative estimate of drug-likeness (QED) is 0.443. The zero-order valence-electron chi connectivity index (χ0n) is 19.1. The predicted octanol–water partition coefficient (Wildman–Crippen LogP) is 4.36. The third kappa shape index (κ3) is 5.97. The fourth-order valence-corrected chi connectivity index (χ4v) is 3.10. The van der Waals surface area contributed by atoms with Gasteiger partial charge in [0.15, 0.2) is 0 Å². The number of anilines is 2. The number of benzene rings is 2. The molecule has 3 N–H and O–H groups in total. The lowest BCUT2D eigenvalue weighted by Gasteiger charge is -2.18. The van der Waals surface area contributed by atoms with Crippen LogP contribution in [0.4, 0.5) is 20.6 Å². The summed E-state index contributed by atoms with van der Waals surface area (Å²) in [5, 5.41) is 11.6. The number of carbonyl (C=O) groups is 3. The number of methoxy groups -OCH3 is 1. The monoisotopic (exact) mass is 468 g/mol. The topological polar surface area (TPSA) is 123 Å². The van der Waals surface area contributed by atoms with E-state index in [4.69, 9.17) is 9.26 Å². The summed E-state index contributed by atoms with van der Waals surface area (Å²) in [4.78, 5) is 36.5. The van der Waals surface area contributed by atoms with E-state index in [9.17, 15) is 18.8 Å². The molecule has 0 saturated carbocycles. The molecule has 1 aromatic heterocycles. The van der Waals surface area contributed by atoms with Crippen LogP contribution in [0, 0.1) is 18.7 Å². The van der Waals surface area contributed by atoms with Gasteiger partial charge in [-0.25, -0.2) is 14.0 Å². The Bertz CT molecular complexity index is 1190. The lowest BCUT2D eigenvalue weighted by Crippen LogP contribution is -2.44. The minimum Gasteiger partial charge on any atom is -0.467 e. The first kappa shape index (κ1) is 24.4. The summed E-state index contributed by atoms with van der Waals surface area (Å²) in [5.74, 6) is -1.93. The van der Waals surface area contributed by atoms with E-state index >= 15 is 0 Å². The summed E-state index contributed by atoms with van der Waals surface area (Å²) in [6.45, 7) is 5.35. The lowest BCUT2D eigenvalue weighted by atomic mass is 10.0. The highest BCUT2D eigenvalue weighted by Crippen LogP contribution is 2.22. The minimum absolute atomic E-state index is 0.0636. The second-order valence-corrected chi connectivity index (χ2v) is 7.93. The zero-order chi connectivity index (χ0) is 24.8. The van der Waals surface area contributed by atoms with E-state index in [1.54, 1.807) is 51.1 Å². The number of aromatic nitrogens is 1. The predicted molar refractivity (Wildman–Crippen MR) is 124 cm³/mol. The van der Waals surface area contributed by atoms with Gasteiger partial charge in [-0.05, 0) is 42.7 Å². The third-order valence-corrected chi connectivity index (χ3v) is 4.95. The fourth-order valence-electron chi connectivity index (χ4n) is 3.10. The molecule has 1 heterocycles. The van der Waals surface area contributed by atoms with Crippen LogP contribution in [0.2, 0.25) is 0 Å². The third-order valence-electron chi connectivity index (χ3n) is 4.95. The second-order valence-electron chi connectivity index (χ2n) is 7.93. The Morgan fingerprint density at radius 2 is 1.74 bits per heavy atom. The lowest BCUT2D eigenvalue weighted by molar-refractivity contribution is -0.144. The van der Waals surface area contributed by atoms with Crippen molar-refractivity contribution >= 4 is 29.3 Å². The van der Waals surface area contributed by atoms with Crippen molar-refractivity contribution in [3.63, 3.8) is 0 Å². The maximum absolute atomic E-state index is 13.8. The van der Waals surface area contributed by atoms with Gasteiger partial charge in [0.2, 0.25) is 5.76 Å². The van der Waals surface area contributed by atoms with Crippen molar-refractivity contribution in [2.75, 3.05) is 17.7 Å². The number of esters is 1. The number of urea groups is 1. The van der Waals surface area contributed by atoms with Crippen LogP contribution in [-0.2, 0) is 9.53 Å². The average Bonchev–Trinajstić information content (AvgIpc) is 3.30. The van der Waals surface area contributed by atoms with Crippen LogP contribution in [0.15, 0.2) is 53.1 Å². The molecule has 0 aliphatic rings. The molecule has 0 aliphatic heterocycles. The number of aryl methyl sites for hydroxylation is 1. The van der Waals surface area contributed by atoms with Gasteiger partial charge in [-0.2, -0.15) is 0 Å². The van der Waals surface area contributed by atoms with E-state index in [2.05, 4.69) is 21.1 Å². The van der Waals surface area contributed by atoms with Gasteiger partial charge in [0.25, 0.3) is 5.91 Å². The van der Waals surface area contributed by atoms with Gasteiger partial charge in [-0.3, -0.25) is 4.79 Å². The maximum Gasteiger partial charge on any atom is 0.328 e. The first-order chi connectivity index (χ1) is 16.2. The molecule has 2 aromatic carbocycles. The van der Waals surface area contributed by atoms with E-state index in [-0.39, 0.29) is 17.4 Å². The molecule has 0 aliphatic carbocycles. The molecule has 1 unspecified atom stereocenters. The molecule has 3 aromatic rings. The molecular formula is C24H25FN4O5. The number of hydrogen-bond donors (Lipinski definition) is 3. The average molecular weight is 468 g/mol. The molecular weight excluding hydrogens is 443 g/mol. The Labute approximate surface area is 195 Å². The van der Waals surface area contributed by atoms with E-state index in [0.29, 0.717) is 16.9 Å². The van der Waals surface area contributed by atoms with Crippen molar-refractivity contribution in [2.24, 2.45) is 5.92 Å². The molecule has 10 heteroatoms. The SMILES string of the molecule is COC(=O)C(NC(=O)c1cc(-c2ccc(NC(=O)Nc3cc(C)ccc3F)cc2)no1)C(C)C. The highest BCUT2D eigenvalue weighted by Gasteiger charge is 2.27. The summed E-state index contributed by atoms with van der Waals surface area (Å²) in [7, 11) is 1.25. The highest BCUT2D eigenvalue weighted by molar-refractivity contribution is 6.00. The smallest absolute Gasteiger partial charge is 0.328 e. The summed E-state index contributed by atoms with van der Waals surface area (Å²) < 4.78 is 23.7. The van der Waals surface area contributed by atoms with Crippen molar-refractivity contribution in [1.82, 2.24) is 10.5 Å². The van der Waals surface area contributed by atoms with Crippen molar-refractivity contribution in [2.45, 2.75) is 26.8 Å². The Kier molecular flexibility index (Phi) is 7.62. The van der Waals surface area contributed by atoms with E-state index in [1.807, 2.05) is 0 Å². The molecule has 0 saturated heterocycles. The standard InChI is InChI=1S/C24H25FN4O5/c1-13(2)21(23(31)33-4)28-22(30)20-12-18(29-34-20)15-6-8-16(9-7-15)26-24(32)27-19-11-14(3)5-10-17(19)25/h5-13,21H,1-4H3,(H,28,30)(H2,26,27,32). The minimum atomic E-state index is -0.823. The number of nitrogens with zero attached hydrogens (tertiary/aromatic N) is 1. The molecule has 1 atom stereocenters. The van der Waals surface area contributed by atoms with Crippen LogP contribution in [0.25, 0.3) is 11.3 Å². The van der Waals surface area contributed by atoms with Gasteiger partial charge in [-0.1, -0.05) is 37.2 Å². The molecule has 3 amide bonds. The highest BCUT2D eigenvalue weighted by atomic mass is 19.1. The first-order valence-electron chi connectivity index (χ1n) is 10.5. The number of rotatable bonds is 7. The second kappa shape index (κ2) is 10.6. The molecule has 0 spiro atoms. The van der Waals surface area contributed by atoms with Crippen LogP contribution in [0.5, 0.6) is 0 Å². The van der Waals surface area contributed by atoms with E-state index in [0.717, 1.165) is 5.56 Å². The van der Waals surface area contributed by atoms with Crippen LogP contribution in [-0.4, -0.2) is 36.2 Å². The number of hydrogen-bond acceptors (Lipinski definition) is 6. The number of halogens is 1. The summed E-state index contributed by atoms with van der Waals surface area (Å²) >= 11 is 0. The van der Waals surface area contributed by atoms with Crippen LogP contribution in [0.3, 0.4) is 0 Å². The maximum atomic E-state index is 13.8. The normalized spacial score (nSPS) is 11.6. The summed E-state index contributed by atoms with van der Waals surface area (Å²) in [5.41, 5.74) is 2.38.